The van der Waals surface area contributed by atoms with Gasteiger partial charge >= 0.3 is 0 Å². The Labute approximate surface area is 121 Å². The van der Waals surface area contributed by atoms with E-state index in [9.17, 15) is 4.79 Å². The summed E-state index contributed by atoms with van der Waals surface area (Å²) < 4.78 is 0. The second-order valence-electron chi connectivity index (χ2n) is 4.93. The molecule has 0 fully saturated rings. The molecule has 0 aromatic heterocycles. The van der Waals surface area contributed by atoms with Crippen LogP contribution >= 0.6 is 23.2 Å². The summed E-state index contributed by atoms with van der Waals surface area (Å²) in [5, 5.41) is 13.6. The van der Waals surface area contributed by atoms with Crippen molar-refractivity contribution < 1.29 is 9.90 Å². The zero-order valence-electron chi connectivity index (χ0n) is 10.2. The highest BCUT2D eigenvalue weighted by molar-refractivity contribution is 6.40. The topological polar surface area (TPSA) is 52.6 Å². The Balaban J connectivity index is 1.84. The lowest BCUT2D eigenvalue weighted by atomic mass is 9.89. The molecule has 19 heavy (non-hydrogen) atoms. The largest absolute Gasteiger partial charge is 0.387 e. The minimum absolute atomic E-state index is 0.00616. The van der Waals surface area contributed by atoms with Crippen molar-refractivity contribution in [3.8, 4) is 0 Å². The van der Waals surface area contributed by atoms with Gasteiger partial charge in [-0.2, -0.15) is 0 Å². The van der Waals surface area contributed by atoms with Crippen molar-refractivity contribution in [2.75, 3.05) is 19.7 Å². The highest BCUT2D eigenvalue weighted by atomic mass is 35.5. The van der Waals surface area contributed by atoms with Gasteiger partial charge in [0.15, 0.2) is 0 Å². The average molecular weight is 301 g/mol. The number of fused-ring (bicyclic) bond motifs is 2. The summed E-state index contributed by atoms with van der Waals surface area (Å²) in [7, 11) is 0. The molecule has 2 N–H and O–H groups in total. The first kappa shape index (κ1) is 13.0. The maximum Gasteiger partial charge on any atom is 0.248 e. The van der Waals surface area contributed by atoms with Crippen LogP contribution in [0.15, 0.2) is 33.5 Å². The lowest BCUT2D eigenvalue weighted by Crippen LogP contribution is -2.39. The molecule has 1 amide bonds. The zero-order chi connectivity index (χ0) is 13.6. The van der Waals surface area contributed by atoms with Gasteiger partial charge in [-0.25, -0.2) is 0 Å². The van der Waals surface area contributed by atoms with E-state index in [1.165, 1.54) is 5.57 Å². The molecule has 2 aliphatic heterocycles. The van der Waals surface area contributed by atoms with Gasteiger partial charge in [0.25, 0.3) is 0 Å². The Morgan fingerprint density at radius 3 is 3.05 bits per heavy atom. The molecule has 0 aromatic rings. The summed E-state index contributed by atoms with van der Waals surface area (Å²) in [6.07, 6.45) is 4.61. The molecule has 4 nitrogen and oxygen atoms in total. The number of amides is 1. The van der Waals surface area contributed by atoms with Gasteiger partial charge < -0.3 is 15.3 Å². The van der Waals surface area contributed by atoms with E-state index >= 15 is 0 Å². The summed E-state index contributed by atoms with van der Waals surface area (Å²) in [6.45, 7) is 0.741. The van der Waals surface area contributed by atoms with Gasteiger partial charge in [0, 0.05) is 31.1 Å². The van der Waals surface area contributed by atoms with Crippen LogP contribution in [0.25, 0.3) is 0 Å². The maximum absolute atomic E-state index is 11.6. The van der Waals surface area contributed by atoms with E-state index in [4.69, 9.17) is 28.3 Å². The van der Waals surface area contributed by atoms with Gasteiger partial charge in [-0.3, -0.25) is 4.79 Å². The van der Waals surface area contributed by atoms with Crippen LogP contribution in [0.3, 0.4) is 0 Å². The second kappa shape index (κ2) is 4.85. The zero-order valence-corrected chi connectivity index (χ0v) is 11.7. The molecule has 0 saturated carbocycles. The minimum Gasteiger partial charge on any atom is -0.387 e. The predicted octanol–water partition coefficient (Wildman–Crippen LogP) is 1.31. The number of aliphatic hydroxyl groups is 1. The summed E-state index contributed by atoms with van der Waals surface area (Å²) >= 11 is 12.3. The number of carbonyl (C=O) groups excluding carboxylic acids is 1. The monoisotopic (exact) mass is 300 g/mol. The lowest BCUT2D eigenvalue weighted by Gasteiger charge is -2.29. The van der Waals surface area contributed by atoms with E-state index in [1.807, 2.05) is 12.2 Å². The number of nitrogens with zero attached hydrogens (tertiary/aromatic N) is 1. The first-order chi connectivity index (χ1) is 9.11. The Kier molecular flexibility index (Phi) is 3.33. The van der Waals surface area contributed by atoms with Crippen LogP contribution < -0.4 is 5.32 Å². The van der Waals surface area contributed by atoms with Gasteiger partial charge in [-0.1, -0.05) is 29.3 Å². The molecular formula is C13H14Cl2N2O2. The maximum atomic E-state index is 11.6. The first-order valence-corrected chi connectivity index (χ1v) is 6.98. The van der Waals surface area contributed by atoms with Crippen molar-refractivity contribution in [1.82, 2.24) is 10.2 Å². The van der Waals surface area contributed by atoms with Gasteiger partial charge in [-0.15, -0.1) is 0 Å². The predicted molar refractivity (Wildman–Crippen MR) is 73.6 cm³/mol. The van der Waals surface area contributed by atoms with Crippen LogP contribution in [0.1, 0.15) is 6.42 Å². The Morgan fingerprint density at radius 2 is 2.32 bits per heavy atom. The molecule has 0 saturated heterocycles. The molecular weight excluding hydrogens is 287 g/mol. The number of halogens is 2. The quantitative estimate of drug-likeness (QED) is 0.768. The number of hydrogen-bond acceptors (Lipinski definition) is 3. The normalized spacial score (nSPS) is 29.3. The molecule has 3 rings (SSSR count). The van der Waals surface area contributed by atoms with E-state index in [0.717, 1.165) is 12.1 Å². The van der Waals surface area contributed by atoms with E-state index in [-0.39, 0.29) is 17.9 Å². The van der Waals surface area contributed by atoms with Crippen molar-refractivity contribution in [3.05, 3.63) is 33.5 Å². The molecule has 0 bridgehead atoms. The summed E-state index contributed by atoms with van der Waals surface area (Å²) in [6, 6.07) is -0.00616. The molecule has 102 valence electrons. The molecule has 2 heterocycles. The summed E-state index contributed by atoms with van der Waals surface area (Å²) in [5.41, 5.74) is 2.34. The third kappa shape index (κ3) is 2.08. The van der Waals surface area contributed by atoms with E-state index < -0.39 is 6.61 Å². The van der Waals surface area contributed by atoms with Crippen LogP contribution in [-0.2, 0) is 4.79 Å². The fraction of sp³-hybridized carbons (Fsp3) is 0.462. The Bertz CT molecular complexity index is 525. The van der Waals surface area contributed by atoms with Gasteiger partial charge in [0.05, 0.1) is 16.1 Å². The fourth-order valence-electron chi connectivity index (χ4n) is 2.92. The van der Waals surface area contributed by atoms with Crippen molar-refractivity contribution in [3.63, 3.8) is 0 Å². The van der Waals surface area contributed by atoms with E-state index in [1.54, 1.807) is 4.90 Å². The molecule has 0 spiro atoms. The summed E-state index contributed by atoms with van der Waals surface area (Å²) in [5.74, 6) is -0.0752. The number of allylic oxidation sites excluding steroid dienone is 2. The average Bonchev–Trinajstić information content (AvgIpc) is 2.80. The number of rotatable bonds is 1. The molecule has 2 unspecified atom stereocenters. The molecule has 2 atom stereocenters. The minimum atomic E-state index is -0.438. The summed E-state index contributed by atoms with van der Waals surface area (Å²) in [4.78, 5) is 13.3. The van der Waals surface area contributed by atoms with Crippen molar-refractivity contribution in [2.45, 2.75) is 12.5 Å². The van der Waals surface area contributed by atoms with Crippen molar-refractivity contribution in [1.29, 1.82) is 0 Å². The van der Waals surface area contributed by atoms with Crippen LogP contribution in [-0.4, -0.2) is 41.7 Å². The number of carbonyl (C=O) groups is 1. The third-order valence-electron chi connectivity index (χ3n) is 3.91. The van der Waals surface area contributed by atoms with Gasteiger partial charge in [0.2, 0.25) is 5.91 Å². The SMILES string of the molecule is O=C(CO)N1CCC2=C(C1)C1C=CC(Cl)=C(Cl)C1N2. The standard InChI is InChI=1S/C13H14Cl2N2O2/c14-9-2-1-7-8-5-17(11(19)6-18)4-3-10(8)16-13(7)12(9)15/h1-2,7,13,16,18H,3-6H2. The second-order valence-corrected chi connectivity index (χ2v) is 5.74. The van der Waals surface area contributed by atoms with Crippen LogP contribution in [0.4, 0.5) is 0 Å². The van der Waals surface area contributed by atoms with Crippen LogP contribution in [0.2, 0.25) is 0 Å². The van der Waals surface area contributed by atoms with Gasteiger partial charge in [0.1, 0.15) is 6.61 Å². The third-order valence-corrected chi connectivity index (χ3v) is 4.78. The van der Waals surface area contributed by atoms with E-state index in [0.29, 0.717) is 23.2 Å². The fourth-order valence-corrected chi connectivity index (χ4v) is 3.36. The molecule has 3 aliphatic rings. The number of hydrogen-bond donors (Lipinski definition) is 2. The molecule has 0 radical (unpaired) electrons. The Hall–Kier alpha value is -0.970. The van der Waals surface area contributed by atoms with Crippen LogP contribution in [0.5, 0.6) is 0 Å². The molecule has 1 aliphatic carbocycles. The van der Waals surface area contributed by atoms with Crippen molar-refractivity contribution in [2.24, 2.45) is 5.92 Å². The van der Waals surface area contributed by atoms with Crippen LogP contribution in [0, 0.1) is 5.92 Å². The highest BCUT2D eigenvalue weighted by Gasteiger charge is 2.39. The molecule has 0 aromatic carbocycles. The van der Waals surface area contributed by atoms with Crippen molar-refractivity contribution >= 4 is 29.1 Å². The smallest absolute Gasteiger partial charge is 0.248 e. The Morgan fingerprint density at radius 1 is 1.53 bits per heavy atom. The van der Waals surface area contributed by atoms with E-state index in [2.05, 4.69) is 5.32 Å². The first-order valence-electron chi connectivity index (χ1n) is 6.22. The van der Waals surface area contributed by atoms with Gasteiger partial charge in [-0.05, 0) is 11.6 Å². The lowest BCUT2D eigenvalue weighted by molar-refractivity contribution is -0.134. The highest BCUT2D eigenvalue weighted by Crippen LogP contribution is 2.40. The molecule has 6 heteroatoms. The number of nitrogens with one attached hydrogen (secondary N) is 1. The number of aliphatic hydroxyl groups excluding tert-OH is 1.